The molecule has 26 heavy (non-hydrogen) atoms. The Morgan fingerprint density at radius 1 is 0.962 bits per heavy atom. The van der Waals surface area contributed by atoms with Crippen LogP contribution in [-0.4, -0.2) is 42.3 Å². The number of hydrogen-bond acceptors (Lipinski definition) is 5. The smallest absolute Gasteiger partial charge is 0.408 e. The summed E-state index contributed by atoms with van der Waals surface area (Å²) in [5.41, 5.74) is -0.975. The van der Waals surface area contributed by atoms with Crippen molar-refractivity contribution in [1.82, 2.24) is 10.6 Å². The molecule has 0 aliphatic carbocycles. The Labute approximate surface area is 157 Å². The van der Waals surface area contributed by atoms with Gasteiger partial charge in [-0.15, -0.1) is 0 Å². The van der Waals surface area contributed by atoms with Crippen LogP contribution in [0.5, 0.6) is 0 Å². The zero-order valence-electron chi connectivity index (χ0n) is 17.7. The summed E-state index contributed by atoms with van der Waals surface area (Å²) in [7, 11) is 1.23. The molecule has 7 nitrogen and oxygen atoms in total. The highest BCUT2D eigenvalue weighted by Gasteiger charge is 2.29. The molecule has 0 heterocycles. The highest BCUT2D eigenvalue weighted by atomic mass is 16.6. The Kier molecular flexibility index (Phi) is 8.60. The van der Waals surface area contributed by atoms with Crippen molar-refractivity contribution in [2.45, 2.75) is 91.8 Å². The summed E-state index contributed by atoms with van der Waals surface area (Å²) >= 11 is 0. The van der Waals surface area contributed by atoms with Crippen LogP contribution in [0.2, 0.25) is 0 Å². The third kappa shape index (κ3) is 11.7. The van der Waals surface area contributed by atoms with Gasteiger partial charge in [-0.05, 0) is 52.9 Å². The first-order valence-electron chi connectivity index (χ1n) is 8.93. The summed E-state index contributed by atoms with van der Waals surface area (Å²) < 4.78 is 9.85. The molecule has 0 aliphatic heterocycles. The van der Waals surface area contributed by atoms with E-state index in [0.29, 0.717) is 0 Å². The second-order valence-corrected chi connectivity index (χ2v) is 9.43. The predicted molar refractivity (Wildman–Crippen MR) is 101 cm³/mol. The molecule has 0 aromatic carbocycles. The van der Waals surface area contributed by atoms with E-state index in [4.69, 9.17) is 9.47 Å². The van der Waals surface area contributed by atoms with E-state index >= 15 is 0 Å². The summed E-state index contributed by atoms with van der Waals surface area (Å²) in [6.45, 7) is 15.4. The Hall–Kier alpha value is -1.79. The number of hydrogen-bond donors (Lipinski definition) is 2. The van der Waals surface area contributed by atoms with Gasteiger partial charge in [0, 0.05) is 12.0 Å². The van der Waals surface area contributed by atoms with E-state index in [1.165, 1.54) is 7.11 Å². The van der Waals surface area contributed by atoms with Gasteiger partial charge in [-0.1, -0.05) is 20.8 Å². The SMILES string of the molecule is COC(=O)[C@@H](CCC(=O)NC(C)(C)CC(C)(C)C)NC(=O)OC(C)(C)C. The van der Waals surface area contributed by atoms with Gasteiger partial charge in [0.05, 0.1) is 7.11 Å². The molecule has 0 aliphatic rings. The fraction of sp³-hybridized carbons (Fsp3) is 0.842. The van der Waals surface area contributed by atoms with Gasteiger partial charge in [0.1, 0.15) is 11.6 Å². The molecule has 0 bridgehead atoms. The lowest BCUT2D eigenvalue weighted by atomic mass is 9.81. The normalized spacial score (nSPS) is 13.6. The summed E-state index contributed by atoms with van der Waals surface area (Å²) in [6, 6.07) is -0.939. The molecule has 0 aromatic heterocycles. The van der Waals surface area contributed by atoms with Crippen LogP contribution in [0.15, 0.2) is 0 Å². The molecule has 2 N–H and O–H groups in total. The number of carbonyl (C=O) groups excluding carboxylic acids is 3. The number of nitrogens with one attached hydrogen (secondary N) is 2. The topological polar surface area (TPSA) is 93.7 Å². The maximum Gasteiger partial charge on any atom is 0.408 e. The fourth-order valence-corrected chi connectivity index (χ4v) is 2.93. The molecule has 0 spiro atoms. The first kappa shape index (κ1) is 24.2. The number of carbonyl (C=O) groups is 3. The third-order valence-corrected chi connectivity index (χ3v) is 3.29. The molecule has 0 saturated carbocycles. The molecule has 0 radical (unpaired) electrons. The summed E-state index contributed by atoms with van der Waals surface area (Å²) in [5, 5.41) is 5.45. The minimum Gasteiger partial charge on any atom is -0.467 e. The van der Waals surface area contributed by atoms with Crippen molar-refractivity contribution in [3.8, 4) is 0 Å². The monoisotopic (exact) mass is 372 g/mol. The number of rotatable bonds is 7. The molecule has 1 atom stereocenters. The molecular weight excluding hydrogens is 336 g/mol. The van der Waals surface area contributed by atoms with Crippen LogP contribution in [0.1, 0.15) is 74.7 Å². The van der Waals surface area contributed by atoms with Gasteiger partial charge in [0.2, 0.25) is 5.91 Å². The molecule has 2 amide bonds. The summed E-state index contributed by atoms with van der Waals surface area (Å²) in [5.74, 6) is -0.795. The minimum atomic E-state index is -0.939. The van der Waals surface area contributed by atoms with Gasteiger partial charge < -0.3 is 20.1 Å². The van der Waals surface area contributed by atoms with Gasteiger partial charge in [-0.25, -0.2) is 9.59 Å². The van der Waals surface area contributed by atoms with Crippen LogP contribution >= 0.6 is 0 Å². The zero-order chi connectivity index (χ0) is 20.8. The minimum absolute atomic E-state index is 0.0730. The Balaban J connectivity index is 4.73. The zero-order valence-corrected chi connectivity index (χ0v) is 17.7. The number of esters is 1. The van der Waals surface area contributed by atoms with Gasteiger partial charge in [-0.3, -0.25) is 4.79 Å². The molecule has 7 heteroatoms. The van der Waals surface area contributed by atoms with Crippen LogP contribution in [0.3, 0.4) is 0 Å². The van der Waals surface area contributed by atoms with Crippen LogP contribution in [0, 0.1) is 5.41 Å². The van der Waals surface area contributed by atoms with E-state index in [0.717, 1.165) is 6.42 Å². The molecule has 0 rings (SSSR count). The molecule has 0 saturated heterocycles. The number of methoxy groups -OCH3 is 1. The summed E-state index contributed by atoms with van der Waals surface area (Å²) in [6.07, 6.45) is 0.302. The molecule has 0 fully saturated rings. The Morgan fingerprint density at radius 2 is 1.50 bits per heavy atom. The molecule has 152 valence electrons. The lowest BCUT2D eigenvalue weighted by Crippen LogP contribution is -2.47. The number of ether oxygens (including phenoxy) is 2. The lowest BCUT2D eigenvalue weighted by molar-refractivity contribution is -0.143. The predicted octanol–water partition coefficient (Wildman–Crippen LogP) is 3.16. The molecule has 0 aromatic rings. The average molecular weight is 373 g/mol. The van der Waals surface area contributed by atoms with E-state index in [1.54, 1.807) is 20.8 Å². The first-order valence-corrected chi connectivity index (χ1v) is 8.93. The lowest BCUT2D eigenvalue weighted by Gasteiger charge is -2.33. The van der Waals surface area contributed by atoms with E-state index in [1.807, 2.05) is 13.8 Å². The van der Waals surface area contributed by atoms with Crippen molar-refractivity contribution in [3.63, 3.8) is 0 Å². The van der Waals surface area contributed by atoms with Crippen molar-refractivity contribution in [2.75, 3.05) is 7.11 Å². The van der Waals surface area contributed by atoms with Crippen molar-refractivity contribution in [3.05, 3.63) is 0 Å². The van der Waals surface area contributed by atoms with Crippen LogP contribution in [-0.2, 0) is 19.1 Å². The maximum atomic E-state index is 12.3. The van der Waals surface area contributed by atoms with Gasteiger partial charge >= 0.3 is 12.1 Å². The average Bonchev–Trinajstić information content (AvgIpc) is 2.36. The van der Waals surface area contributed by atoms with Crippen molar-refractivity contribution < 1.29 is 23.9 Å². The van der Waals surface area contributed by atoms with Crippen LogP contribution < -0.4 is 10.6 Å². The highest BCUT2D eigenvalue weighted by molar-refractivity contribution is 5.83. The fourth-order valence-electron chi connectivity index (χ4n) is 2.93. The van der Waals surface area contributed by atoms with Crippen LogP contribution in [0.25, 0.3) is 0 Å². The van der Waals surface area contributed by atoms with Crippen molar-refractivity contribution in [1.29, 1.82) is 0 Å². The Bertz CT molecular complexity index is 501. The number of alkyl carbamates (subject to hydrolysis) is 1. The van der Waals surface area contributed by atoms with E-state index in [9.17, 15) is 14.4 Å². The van der Waals surface area contributed by atoms with Gasteiger partial charge in [0.25, 0.3) is 0 Å². The van der Waals surface area contributed by atoms with Crippen molar-refractivity contribution >= 4 is 18.0 Å². The summed E-state index contributed by atoms with van der Waals surface area (Å²) in [4.78, 5) is 36.0. The van der Waals surface area contributed by atoms with E-state index in [2.05, 4.69) is 31.4 Å². The number of amides is 2. The molecule has 0 unspecified atom stereocenters. The second kappa shape index (κ2) is 9.24. The van der Waals surface area contributed by atoms with Crippen LogP contribution in [0.4, 0.5) is 4.79 Å². The van der Waals surface area contributed by atoms with E-state index < -0.39 is 23.7 Å². The quantitative estimate of drug-likeness (QED) is 0.670. The van der Waals surface area contributed by atoms with Crippen molar-refractivity contribution in [2.24, 2.45) is 5.41 Å². The second-order valence-electron chi connectivity index (χ2n) is 9.43. The maximum absolute atomic E-state index is 12.3. The van der Waals surface area contributed by atoms with Gasteiger partial charge in [-0.2, -0.15) is 0 Å². The Morgan fingerprint density at radius 3 is 1.92 bits per heavy atom. The standard InChI is InChI=1S/C19H36N2O5/c1-17(2,3)12-19(7,8)21-14(22)11-10-13(15(23)25-9)20-16(24)26-18(4,5)6/h13H,10-12H2,1-9H3,(H,20,24)(H,21,22)/t13-/m1/s1. The first-order chi connectivity index (χ1) is 11.5. The van der Waals surface area contributed by atoms with E-state index in [-0.39, 0.29) is 29.7 Å². The highest BCUT2D eigenvalue weighted by Crippen LogP contribution is 2.26. The largest absolute Gasteiger partial charge is 0.467 e. The third-order valence-electron chi connectivity index (χ3n) is 3.29. The molecular formula is C19H36N2O5. The van der Waals surface area contributed by atoms with Gasteiger partial charge in [0.15, 0.2) is 0 Å².